The van der Waals surface area contributed by atoms with Crippen molar-refractivity contribution >= 4 is 5.97 Å². The van der Waals surface area contributed by atoms with Crippen LogP contribution in [0.15, 0.2) is 0 Å². The average Bonchev–Trinajstić information content (AvgIpc) is 2.81. The van der Waals surface area contributed by atoms with E-state index in [2.05, 4.69) is 11.8 Å². The molecule has 0 aromatic rings. The maximum absolute atomic E-state index is 13.7. The van der Waals surface area contributed by atoms with Crippen molar-refractivity contribution in [3.05, 3.63) is 0 Å². The van der Waals surface area contributed by atoms with E-state index in [4.69, 9.17) is 9.84 Å². The van der Waals surface area contributed by atoms with E-state index in [1.54, 1.807) is 12.8 Å². The van der Waals surface area contributed by atoms with Gasteiger partial charge in [0, 0.05) is 19.3 Å². The number of carbonyl (C=O) groups is 1. The molecular weight excluding hydrogens is 552 g/mol. The third kappa shape index (κ3) is 8.61. The molecule has 0 spiro atoms. The molecule has 0 aromatic carbocycles. The highest BCUT2D eigenvalue weighted by molar-refractivity contribution is 5.69. The fourth-order valence-corrected chi connectivity index (χ4v) is 2.81. The number of hydrogen-bond acceptors (Lipinski definition) is 3. The monoisotopic (exact) mass is 578 g/mol. The van der Waals surface area contributed by atoms with Crippen LogP contribution >= 0.6 is 0 Å². The third-order valence-corrected chi connectivity index (χ3v) is 5.09. The molecule has 0 bridgehead atoms. The van der Waals surface area contributed by atoms with Crippen molar-refractivity contribution in [3.63, 3.8) is 0 Å². The summed E-state index contributed by atoms with van der Waals surface area (Å²) in [6, 6.07) is 0. The summed E-state index contributed by atoms with van der Waals surface area (Å²) in [6.07, 6.45) is -6.11. The first-order chi connectivity index (χ1) is 17.3. The number of unbranched alkanes of at least 4 members (excludes halogenated alkanes) is 6. The zero-order chi connectivity index (χ0) is 29.8. The molecule has 15 heteroatoms. The molecule has 0 amide bonds. The lowest BCUT2D eigenvalue weighted by atomic mass is 9.91. The molecule has 1 N–H and O–H groups in total. The number of rotatable bonds is 16. The lowest BCUT2D eigenvalue weighted by Gasteiger charge is -2.40. The third-order valence-electron chi connectivity index (χ3n) is 5.09. The molecule has 0 radical (unpaired) electrons. The quantitative estimate of drug-likeness (QED) is 0.0942. The van der Waals surface area contributed by atoms with E-state index >= 15 is 0 Å². The van der Waals surface area contributed by atoms with Gasteiger partial charge in [-0.15, -0.1) is 0 Å². The lowest BCUT2D eigenvalue weighted by molar-refractivity contribution is -0.419. The van der Waals surface area contributed by atoms with E-state index in [-0.39, 0.29) is 12.4 Å². The van der Waals surface area contributed by atoms with Crippen LogP contribution in [-0.4, -0.2) is 59.8 Å². The molecular formula is C23H26F12O3. The van der Waals surface area contributed by atoms with Gasteiger partial charge in [0.25, 0.3) is 0 Å². The van der Waals surface area contributed by atoms with Crippen LogP contribution in [0.3, 0.4) is 0 Å². The average molecular weight is 578 g/mol. The van der Waals surface area contributed by atoms with Crippen LogP contribution in [0.5, 0.6) is 0 Å². The summed E-state index contributed by atoms with van der Waals surface area (Å²) < 4.78 is 162. The highest BCUT2D eigenvalue weighted by atomic mass is 19.4. The largest absolute Gasteiger partial charge is 0.466 e. The molecule has 0 fully saturated rings. The Morgan fingerprint density at radius 1 is 0.737 bits per heavy atom. The first kappa shape index (κ1) is 35.7. The normalized spacial score (nSPS) is 13.9. The molecule has 3 nitrogen and oxygen atoms in total. The van der Waals surface area contributed by atoms with Gasteiger partial charge in [-0.1, -0.05) is 37.5 Å². The van der Waals surface area contributed by atoms with Crippen LogP contribution in [0.25, 0.3) is 0 Å². The predicted octanol–water partition coefficient (Wildman–Crippen LogP) is 6.87. The standard InChI is InChI=1S/C23H26F12O3/c1-2-38-17(37)15-13-11-9-7-5-3-4-6-8-10-12-14-16(36)19(26,27)21(30,31)23(34,35)22(32,33)20(28,29)18(24)25/h16,18,36H,2-5,7,9,11,13-15H2,1H3. The number of aliphatic hydroxyl groups is 1. The number of aliphatic hydroxyl groups excluding tert-OH is 1. The molecule has 1 unspecified atom stereocenters. The molecule has 0 aliphatic rings. The minimum Gasteiger partial charge on any atom is -0.466 e. The zero-order valence-corrected chi connectivity index (χ0v) is 20.0. The first-order valence-electron chi connectivity index (χ1n) is 11.3. The van der Waals surface area contributed by atoms with Gasteiger partial charge in [0.1, 0.15) is 6.10 Å². The van der Waals surface area contributed by atoms with Crippen LogP contribution in [0.4, 0.5) is 52.7 Å². The fourth-order valence-electron chi connectivity index (χ4n) is 2.81. The maximum Gasteiger partial charge on any atom is 0.384 e. The molecule has 0 aliphatic carbocycles. The van der Waals surface area contributed by atoms with E-state index < -0.39 is 48.6 Å². The van der Waals surface area contributed by atoms with Crippen LogP contribution in [-0.2, 0) is 9.53 Å². The van der Waals surface area contributed by atoms with Crippen molar-refractivity contribution in [3.8, 4) is 23.7 Å². The van der Waals surface area contributed by atoms with Gasteiger partial charge in [-0.05, 0) is 31.6 Å². The summed E-state index contributed by atoms with van der Waals surface area (Å²) in [5.74, 6) is -28.5. The Labute approximate surface area is 211 Å². The molecule has 0 aromatic heterocycles. The lowest BCUT2D eigenvalue weighted by Crippen LogP contribution is -2.70. The summed E-state index contributed by atoms with van der Waals surface area (Å²) >= 11 is 0. The topological polar surface area (TPSA) is 46.5 Å². The van der Waals surface area contributed by atoms with Gasteiger partial charge in [-0.3, -0.25) is 4.79 Å². The number of alkyl halides is 12. The van der Waals surface area contributed by atoms with Gasteiger partial charge in [0.05, 0.1) is 6.61 Å². The number of esters is 1. The smallest absolute Gasteiger partial charge is 0.384 e. The van der Waals surface area contributed by atoms with Crippen LogP contribution < -0.4 is 0 Å². The Hall–Kier alpha value is -2.29. The summed E-state index contributed by atoms with van der Waals surface area (Å²) in [7, 11) is 0. The Bertz CT molecular complexity index is 866. The number of hydrogen-bond donors (Lipinski definition) is 1. The Morgan fingerprint density at radius 2 is 1.21 bits per heavy atom. The Balaban J connectivity index is 4.81. The van der Waals surface area contributed by atoms with Gasteiger partial charge < -0.3 is 9.84 Å². The van der Waals surface area contributed by atoms with Crippen molar-refractivity contribution in [2.24, 2.45) is 0 Å². The molecule has 0 aliphatic heterocycles. The van der Waals surface area contributed by atoms with Crippen molar-refractivity contribution < 1.29 is 67.3 Å². The molecule has 0 saturated heterocycles. The highest BCUT2D eigenvalue weighted by Crippen LogP contribution is 2.58. The van der Waals surface area contributed by atoms with Gasteiger partial charge in [-0.25, -0.2) is 8.78 Å². The Kier molecular flexibility index (Phi) is 13.9. The maximum atomic E-state index is 13.7. The van der Waals surface area contributed by atoms with Crippen molar-refractivity contribution in [2.75, 3.05) is 6.61 Å². The van der Waals surface area contributed by atoms with E-state index in [1.807, 2.05) is 5.92 Å². The Morgan fingerprint density at radius 3 is 1.74 bits per heavy atom. The van der Waals surface area contributed by atoms with Crippen LogP contribution in [0.1, 0.15) is 64.7 Å². The van der Waals surface area contributed by atoms with E-state index in [0.717, 1.165) is 25.7 Å². The minimum absolute atomic E-state index is 0.272. The number of halogens is 12. The molecule has 0 rings (SSSR count). The van der Waals surface area contributed by atoms with E-state index in [9.17, 15) is 57.5 Å². The van der Waals surface area contributed by atoms with Gasteiger partial charge >= 0.3 is 42.0 Å². The molecule has 220 valence electrons. The van der Waals surface area contributed by atoms with E-state index in [1.165, 1.54) is 0 Å². The zero-order valence-electron chi connectivity index (χ0n) is 20.0. The second-order valence-corrected chi connectivity index (χ2v) is 8.02. The predicted molar refractivity (Wildman–Crippen MR) is 110 cm³/mol. The second-order valence-electron chi connectivity index (χ2n) is 8.02. The molecule has 0 saturated carbocycles. The SMILES string of the molecule is CCOC(=O)CCCCCCCCC#CC#CCC(O)C(F)(F)C(F)(F)C(F)(F)C(F)(F)C(F)(F)C(F)F. The highest BCUT2D eigenvalue weighted by Gasteiger charge is 2.88. The molecule has 1 atom stereocenters. The van der Waals surface area contributed by atoms with Gasteiger partial charge in [0.2, 0.25) is 0 Å². The summed E-state index contributed by atoms with van der Waals surface area (Å²) in [4.78, 5) is 11.1. The van der Waals surface area contributed by atoms with Crippen molar-refractivity contribution in [1.29, 1.82) is 0 Å². The summed E-state index contributed by atoms with van der Waals surface area (Å²) in [6.45, 7) is 2.01. The molecule has 0 heterocycles. The van der Waals surface area contributed by atoms with Crippen molar-refractivity contribution in [1.82, 2.24) is 0 Å². The van der Waals surface area contributed by atoms with Crippen LogP contribution in [0, 0.1) is 23.7 Å². The summed E-state index contributed by atoms with van der Waals surface area (Å²) in [5, 5.41) is 9.15. The van der Waals surface area contributed by atoms with Crippen LogP contribution in [0.2, 0.25) is 0 Å². The summed E-state index contributed by atoms with van der Waals surface area (Å²) in [5.41, 5.74) is 0. The van der Waals surface area contributed by atoms with E-state index in [0.29, 0.717) is 25.9 Å². The first-order valence-corrected chi connectivity index (χ1v) is 11.3. The fraction of sp³-hybridized carbons (Fsp3) is 0.783. The number of carbonyl (C=O) groups excluding carboxylic acids is 1. The molecule has 38 heavy (non-hydrogen) atoms. The van der Waals surface area contributed by atoms with Gasteiger partial charge in [-0.2, -0.15) is 43.9 Å². The number of ether oxygens (including phenoxy) is 1. The van der Waals surface area contributed by atoms with Crippen molar-refractivity contribution in [2.45, 2.75) is 107 Å². The van der Waals surface area contributed by atoms with Gasteiger partial charge in [0.15, 0.2) is 0 Å². The second kappa shape index (κ2) is 14.8. The minimum atomic E-state index is -7.70.